The van der Waals surface area contributed by atoms with Crippen LogP contribution in [0.2, 0.25) is 0 Å². The molecule has 0 amide bonds. The zero-order valence-corrected chi connectivity index (χ0v) is 13.3. The Morgan fingerprint density at radius 1 is 1.10 bits per heavy atom. The van der Waals surface area contributed by atoms with Crippen molar-refractivity contribution in [3.63, 3.8) is 0 Å². The van der Waals surface area contributed by atoms with E-state index < -0.39 is 0 Å². The lowest BCUT2D eigenvalue weighted by Crippen LogP contribution is -2.05. The molecule has 2 heteroatoms. The Labute approximate surface area is 129 Å². The second kappa shape index (κ2) is 6.01. The molecule has 104 valence electrons. The SMILES string of the molecule is CCC(c1ccccc1)C(Br)c1ccc2c(c1)CCO2. The molecule has 0 bridgehead atoms. The average Bonchev–Trinajstić information content (AvgIpc) is 2.96. The summed E-state index contributed by atoms with van der Waals surface area (Å²) in [6.07, 6.45) is 2.15. The molecule has 20 heavy (non-hydrogen) atoms. The molecule has 2 aromatic rings. The molecule has 2 atom stereocenters. The molecule has 1 nitrogen and oxygen atoms in total. The van der Waals surface area contributed by atoms with Crippen LogP contribution >= 0.6 is 15.9 Å². The van der Waals surface area contributed by atoms with Gasteiger partial charge >= 0.3 is 0 Å². The maximum Gasteiger partial charge on any atom is 0.122 e. The van der Waals surface area contributed by atoms with E-state index >= 15 is 0 Å². The van der Waals surface area contributed by atoms with Crippen LogP contribution < -0.4 is 4.74 Å². The van der Waals surface area contributed by atoms with Crippen LogP contribution in [0, 0.1) is 0 Å². The normalized spacial score (nSPS) is 16.3. The first-order valence-electron chi connectivity index (χ1n) is 7.24. The van der Waals surface area contributed by atoms with Gasteiger partial charge in [-0.2, -0.15) is 0 Å². The zero-order chi connectivity index (χ0) is 13.9. The summed E-state index contributed by atoms with van der Waals surface area (Å²) in [5, 5.41) is 0. The predicted molar refractivity (Wildman–Crippen MR) is 86.8 cm³/mol. The van der Waals surface area contributed by atoms with Crippen LogP contribution in [0.4, 0.5) is 0 Å². The van der Waals surface area contributed by atoms with Crippen LogP contribution in [0.3, 0.4) is 0 Å². The number of halogens is 1. The van der Waals surface area contributed by atoms with Crippen molar-refractivity contribution in [3.05, 3.63) is 65.2 Å². The van der Waals surface area contributed by atoms with Crippen LogP contribution in [0.5, 0.6) is 5.75 Å². The van der Waals surface area contributed by atoms with E-state index in [1.165, 1.54) is 16.7 Å². The summed E-state index contributed by atoms with van der Waals surface area (Å²) in [4.78, 5) is 0.348. The standard InChI is InChI=1S/C18H19BrO/c1-2-16(13-6-4-3-5-7-13)18(19)15-8-9-17-14(12-15)10-11-20-17/h3-9,12,16,18H,2,10-11H2,1H3. The Morgan fingerprint density at radius 2 is 1.90 bits per heavy atom. The molecule has 0 fully saturated rings. The van der Waals surface area contributed by atoms with E-state index in [-0.39, 0.29) is 0 Å². The zero-order valence-electron chi connectivity index (χ0n) is 11.7. The lowest BCUT2D eigenvalue weighted by Gasteiger charge is -2.22. The van der Waals surface area contributed by atoms with Crippen LogP contribution in [-0.2, 0) is 6.42 Å². The van der Waals surface area contributed by atoms with E-state index in [1.807, 2.05) is 0 Å². The smallest absolute Gasteiger partial charge is 0.122 e. The molecule has 0 radical (unpaired) electrons. The molecule has 1 aliphatic rings. The molecule has 1 aliphatic heterocycles. The van der Waals surface area contributed by atoms with E-state index in [4.69, 9.17) is 4.74 Å². The van der Waals surface area contributed by atoms with Gasteiger partial charge in [0.05, 0.1) is 6.61 Å². The van der Waals surface area contributed by atoms with Crippen molar-refractivity contribution in [2.24, 2.45) is 0 Å². The second-order valence-corrected chi connectivity index (χ2v) is 6.28. The summed E-state index contributed by atoms with van der Waals surface area (Å²) >= 11 is 3.92. The van der Waals surface area contributed by atoms with Gasteiger partial charge in [-0.1, -0.05) is 65.3 Å². The van der Waals surface area contributed by atoms with Crippen LogP contribution in [0.15, 0.2) is 48.5 Å². The molecule has 0 spiro atoms. The van der Waals surface area contributed by atoms with Crippen molar-refractivity contribution in [1.29, 1.82) is 0 Å². The van der Waals surface area contributed by atoms with Gasteiger partial charge in [0, 0.05) is 17.2 Å². The van der Waals surface area contributed by atoms with Gasteiger partial charge in [0.25, 0.3) is 0 Å². The van der Waals surface area contributed by atoms with Gasteiger partial charge in [-0.05, 0) is 29.2 Å². The van der Waals surface area contributed by atoms with Gasteiger partial charge in [0.15, 0.2) is 0 Å². The van der Waals surface area contributed by atoms with E-state index in [2.05, 4.69) is 71.4 Å². The Bertz CT molecular complexity index is 579. The van der Waals surface area contributed by atoms with E-state index in [0.717, 1.165) is 25.2 Å². The molecule has 2 aromatic carbocycles. The molecule has 0 N–H and O–H groups in total. The van der Waals surface area contributed by atoms with Crippen molar-refractivity contribution >= 4 is 15.9 Å². The summed E-state index contributed by atoms with van der Waals surface area (Å²) in [6.45, 7) is 3.07. The largest absolute Gasteiger partial charge is 0.493 e. The highest BCUT2D eigenvalue weighted by Gasteiger charge is 2.22. The number of ether oxygens (including phenoxy) is 1. The lowest BCUT2D eigenvalue weighted by atomic mass is 9.89. The minimum atomic E-state index is 0.348. The average molecular weight is 331 g/mol. The fourth-order valence-corrected chi connectivity index (χ4v) is 3.89. The van der Waals surface area contributed by atoms with E-state index in [0.29, 0.717) is 10.7 Å². The van der Waals surface area contributed by atoms with Gasteiger partial charge in [-0.25, -0.2) is 0 Å². The van der Waals surface area contributed by atoms with Gasteiger partial charge < -0.3 is 4.74 Å². The summed E-state index contributed by atoms with van der Waals surface area (Å²) < 4.78 is 5.59. The maximum absolute atomic E-state index is 5.59. The van der Waals surface area contributed by atoms with Gasteiger partial charge in [-0.15, -0.1) is 0 Å². The Morgan fingerprint density at radius 3 is 2.65 bits per heavy atom. The molecule has 0 aliphatic carbocycles. The number of alkyl halides is 1. The molecule has 3 rings (SSSR count). The summed E-state index contributed by atoms with van der Waals surface area (Å²) in [5.41, 5.74) is 4.09. The predicted octanol–water partition coefficient (Wildman–Crippen LogP) is 5.25. The van der Waals surface area contributed by atoms with Crippen molar-refractivity contribution in [1.82, 2.24) is 0 Å². The number of rotatable bonds is 4. The van der Waals surface area contributed by atoms with Crippen LogP contribution in [0.1, 0.15) is 40.8 Å². The second-order valence-electron chi connectivity index (χ2n) is 5.29. The third-order valence-electron chi connectivity index (χ3n) is 4.05. The number of fused-ring (bicyclic) bond motifs is 1. The molecule has 1 heterocycles. The third kappa shape index (κ3) is 2.62. The first-order chi connectivity index (χ1) is 9.79. The monoisotopic (exact) mass is 330 g/mol. The van der Waals surface area contributed by atoms with Gasteiger partial charge in [0.1, 0.15) is 5.75 Å². The van der Waals surface area contributed by atoms with Crippen LogP contribution in [-0.4, -0.2) is 6.61 Å². The first-order valence-corrected chi connectivity index (χ1v) is 8.16. The number of hydrogen-bond donors (Lipinski definition) is 0. The quantitative estimate of drug-likeness (QED) is 0.695. The number of hydrogen-bond acceptors (Lipinski definition) is 1. The van der Waals surface area contributed by atoms with E-state index in [9.17, 15) is 0 Å². The van der Waals surface area contributed by atoms with Crippen molar-refractivity contribution in [2.45, 2.75) is 30.5 Å². The summed E-state index contributed by atoms with van der Waals surface area (Å²) in [5.74, 6) is 1.55. The first kappa shape index (κ1) is 13.7. The summed E-state index contributed by atoms with van der Waals surface area (Å²) in [6, 6.07) is 17.4. The van der Waals surface area contributed by atoms with Crippen molar-refractivity contribution < 1.29 is 4.74 Å². The lowest BCUT2D eigenvalue weighted by molar-refractivity contribution is 0.357. The molecular formula is C18H19BrO. The highest BCUT2D eigenvalue weighted by molar-refractivity contribution is 9.09. The summed E-state index contributed by atoms with van der Waals surface area (Å²) in [7, 11) is 0. The van der Waals surface area contributed by atoms with Crippen LogP contribution in [0.25, 0.3) is 0 Å². The molecule has 0 aromatic heterocycles. The van der Waals surface area contributed by atoms with Crippen molar-refractivity contribution in [3.8, 4) is 5.75 Å². The molecule has 2 unspecified atom stereocenters. The highest BCUT2D eigenvalue weighted by Crippen LogP contribution is 2.41. The Hall–Kier alpha value is -1.28. The topological polar surface area (TPSA) is 9.23 Å². The Kier molecular flexibility index (Phi) is 4.11. The van der Waals surface area contributed by atoms with Gasteiger partial charge in [-0.3, -0.25) is 0 Å². The molecule has 0 saturated carbocycles. The highest BCUT2D eigenvalue weighted by atomic mass is 79.9. The van der Waals surface area contributed by atoms with E-state index in [1.54, 1.807) is 0 Å². The maximum atomic E-state index is 5.59. The minimum absolute atomic E-state index is 0.348. The fraction of sp³-hybridized carbons (Fsp3) is 0.333. The minimum Gasteiger partial charge on any atom is -0.493 e. The molecular weight excluding hydrogens is 312 g/mol. The number of benzene rings is 2. The molecule has 0 saturated heterocycles. The Balaban J connectivity index is 1.89. The van der Waals surface area contributed by atoms with Gasteiger partial charge in [0.2, 0.25) is 0 Å². The van der Waals surface area contributed by atoms with Crippen molar-refractivity contribution in [2.75, 3.05) is 6.61 Å². The fourth-order valence-electron chi connectivity index (χ4n) is 2.92. The third-order valence-corrected chi connectivity index (χ3v) is 5.22.